The quantitative estimate of drug-likeness (QED) is 0.892. The number of halogens is 1. The van der Waals surface area contributed by atoms with Crippen molar-refractivity contribution in [2.75, 3.05) is 6.61 Å². The Kier molecular flexibility index (Phi) is 4.70. The second kappa shape index (κ2) is 6.50. The van der Waals surface area contributed by atoms with Crippen LogP contribution in [0.3, 0.4) is 0 Å². The molecule has 1 amide bonds. The Hall–Kier alpha value is -1.42. The van der Waals surface area contributed by atoms with Crippen molar-refractivity contribution in [2.45, 2.75) is 38.3 Å². The van der Waals surface area contributed by atoms with Gasteiger partial charge in [0.1, 0.15) is 5.82 Å². The molecule has 1 unspecified atom stereocenters. The summed E-state index contributed by atoms with van der Waals surface area (Å²) in [6.07, 6.45) is 3.53. The number of amides is 1. The summed E-state index contributed by atoms with van der Waals surface area (Å²) in [6, 6.07) is 6.46. The molecule has 0 bridgehead atoms. The normalized spacial score (nSPS) is 19.5. The lowest BCUT2D eigenvalue weighted by Gasteiger charge is -2.21. The zero-order valence-corrected chi connectivity index (χ0v) is 10.3. The van der Waals surface area contributed by atoms with Gasteiger partial charge < -0.3 is 10.1 Å². The molecular formula is C14H18FNO2. The van der Waals surface area contributed by atoms with Crippen LogP contribution in [-0.4, -0.2) is 18.6 Å². The second-order valence-electron chi connectivity index (χ2n) is 4.56. The summed E-state index contributed by atoms with van der Waals surface area (Å²) in [4.78, 5) is 11.7. The maximum atomic E-state index is 13.3. The number of ether oxygens (including phenoxy) is 1. The number of hydrogen-bond acceptors (Lipinski definition) is 2. The maximum absolute atomic E-state index is 13.3. The monoisotopic (exact) mass is 251 g/mol. The molecule has 98 valence electrons. The number of hydrogen-bond donors (Lipinski definition) is 1. The molecule has 1 fully saturated rings. The van der Waals surface area contributed by atoms with E-state index < -0.39 is 0 Å². The zero-order valence-electron chi connectivity index (χ0n) is 10.3. The number of benzene rings is 1. The van der Waals surface area contributed by atoms with Gasteiger partial charge in [-0.25, -0.2) is 4.39 Å². The highest BCUT2D eigenvalue weighted by atomic mass is 19.1. The molecule has 1 N–H and O–H groups in total. The van der Waals surface area contributed by atoms with Crippen LogP contribution in [-0.2, 0) is 16.1 Å². The minimum atomic E-state index is -0.285. The van der Waals surface area contributed by atoms with Crippen LogP contribution in [0.4, 0.5) is 4.39 Å². The molecule has 3 nitrogen and oxygen atoms in total. The van der Waals surface area contributed by atoms with E-state index in [1.807, 2.05) is 0 Å². The van der Waals surface area contributed by atoms with Crippen LogP contribution in [0.15, 0.2) is 24.3 Å². The fourth-order valence-electron chi connectivity index (χ4n) is 2.08. The van der Waals surface area contributed by atoms with E-state index in [1.54, 1.807) is 18.2 Å². The standard InChI is InChI=1S/C14H18FNO2/c15-13-7-2-1-5-11(13)10-16-14(17)9-12-6-3-4-8-18-12/h1-2,5,7,12H,3-4,6,8-10H2,(H,16,17). The lowest BCUT2D eigenvalue weighted by Crippen LogP contribution is -2.30. The van der Waals surface area contributed by atoms with Crippen LogP contribution in [0.1, 0.15) is 31.2 Å². The van der Waals surface area contributed by atoms with Gasteiger partial charge in [-0.2, -0.15) is 0 Å². The molecule has 1 aromatic rings. The second-order valence-corrected chi connectivity index (χ2v) is 4.56. The van der Waals surface area contributed by atoms with E-state index in [1.165, 1.54) is 6.07 Å². The first kappa shape index (κ1) is 13.0. The summed E-state index contributed by atoms with van der Waals surface area (Å²) in [7, 11) is 0. The number of carbonyl (C=O) groups excluding carboxylic acids is 1. The molecule has 0 saturated carbocycles. The van der Waals surface area contributed by atoms with Gasteiger partial charge in [-0.1, -0.05) is 18.2 Å². The predicted octanol–water partition coefficient (Wildman–Crippen LogP) is 2.40. The van der Waals surface area contributed by atoms with Crippen LogP contribution >= 0.6 is 0 Å². The van der Waals surface area contributed by atoms with E-state index in [4.69, 9.17) is 4.74 Å². The van der Waals surface area contributed by atoms with E-state index in [0.717, 1.165) is 25.9 Å². The topological polar surface area (TPSA) is 38.3 Å². The molecule has 1 atom stereocenters. The van der Waals surface area contributed by atoms with Crippen molar-refractivity contribution in [1.29, 1.82) is 0 Å². The first-order valence-corrected chi connectivity index (χ1v) is 6.37. The van der Waals surface area contributed by atoms with Gasteiger partial charge in [-0.05, 0) is 25.3 Å². The molecule has 1 aromatic carbocycles. The summed E-state index contributed by atoms with van der Waals surface area (Å²) in [5.74, 6) is -0.364. The van der Waals surface area contributed by atoms with Crippen LogP contribution in [0.2, 0.25) is 0 Å². The lowest BCUT2D eigenvalue weighted by molar-refractivity contribution is -0.125. The van der Waals surface area contributed by atoms with Crippen LogP contribution in [0.5, 0.6) is 0 Å². The number of carbonyl (C=O) groups is 1. The van der Waals surface area contributed by atoms with Crippen molar-refractivity contribution >= 4 is 5.91 Å². The van der Waals surface area contributed by atoms with Crippen molar-refractivity contribution in [1.82, 2.24) is 5.32 Å². The van der Waals surface area contributed by atoms with Gasteiger partial charge in [0.25, 0.3) is 0 Å². The highest BCUT2D eigenvalue weighted by Crippen LogP contribution is 2.15. The summed E-state index contributed by atoms with van der Waals surface area (Å²) in [5.41, 5.74) is 0.510. The van der Waals surface area contributed by atoms with Crippen molar-refractivity contribution in [2.24, 2.45) is 0 Å². The Balaban J connectivity index is 1.76. The summed E-state index contributed by atoms with van der Waals surface area (Å²) >= 11 is 0. The average molecular weight is 251 g/mol. The molecule has 0 aromatic heterocycles. The lowest BCUT2D eigenvalue weighted by atomic mass is 10.1. The van der Waals surface area contributed by atoms with E-state index in [2.05, 4.69) is 5.32 Å². The predicted molar refractivity (Wildman–Crippen MR) is 66.5 cm³/mol. The first-order chi connectivity index (χ1) is 8.75. The SMILES string of the molecule is O=C(CC1CCCCO1)NCc1ccccc1F. The van der Waals surface area contributed by atoms with Crippen LogP contribution < -0.4 is 5.32 Å². The van der Waals surface area contributed by atoms with Crippen molar-refractivity contribution in [3.8, 4) is 0 Å². The van der Waals surface area contributed by atoms with Crippen molar-refractivity contribution in [3.63, 3.8) is 0 Å². The smallest absolute Gasteiger partial charge is 0.222 e. The average Bonchev–Trinajstić information content (AvgIpc) is 2.39. The molecule has 2 rings (SSSR count). The Morgan fingerprint density at radius 3 is 2.94 bits per heavy atom. The number of nitrogens with one attached hydrogen (secondary N) is 1. The third kappa shape index (κ3) is 3.81. The fourth-order valence-corrected chi connectivity index (χ4v) is 2.08. The van der Waals surface area contributed by atoms with Gasteiger partial charge in [0.15, 0.2) is 0 Å². The molecular weight excluding hydrogens is 233 g/mol. The molecule has 4 heteroatoms. The van der Waals surface area contributed by atoms with Crippen LogP contribution in [0, 0.1) is 5.82 Å². The van der Waals surface area contributed by atoms with E-state index in [9.17, 15) is 9.18 Å². The molecule has 1 aliphatic heterocycles. The minimum Gasteiger partial charge on any atom is -0.378 e. The molecule has 1 saturated heterocycles. The molecule has 1 aliphatic rings. The molecule has 18 heavy (non-hydrogen) atoms. The molecule has 0 radical (unpaired) electrons. The number of rotatable bonds is 4. The van der Waals surface area contributed by atoms with Gasteiger partial charge in [0.2, 0.25) is 5.91 Å². The third-order valence-electron chi connectivity index (χ3n) is 3.12. The van der Waals surface area contributed by atoms with Gasteiger partial charge in [-0.3, -0.25) is 4.79 Å². The van der Waals surface area contributed by atoms with Gasteiger partial charge >= 0.3 is 0 Å². The third-order valence-corrected chi connectivity index (χ3v) is 3.12. The van der Waals surface area contributed by atoms with Gasteiger partial charge in [0.05, 0.1) is 12.5 Å². The fraction of sp³-hybridized carbons (Fsp3) is 0.500. The maximum Gasteiger partial charge on any atom is 0.222 e. The van der Waals surface area contributed by atoms with E-state index >= 15 is 0 Å². The van der Waals surface area contributed by atoms with Crippen LogP contribution in [0.25, 0.3) is 0 Å². The highest BCUT2D eigenvalue weighted by Gasteiger charge is 2.17. The Morgan fingerprint density at radius 2 is 2.22 bits per heavy atom. The van der Waals surface area contributed by atoms with E-state index in [-0.39, 0.29) is 24.4 Å². The molecule has 0 spiro atoms. The largest absolute Gasteiger partial charge is 0.378 e. The Bertz CT molecular complexity index is 403. The van der Waals surface area contributed by atoms with Crippen molar-refractivity contribution in [3.05, 3.63) is 35.6 Å². The van der Waals surface area contributed by atoms with Gasteiger partial charge in [0, 0.05) is 18.7 Å². The highest BCUT2D eigenvalue weighted by molar-refractivity contribution is 5.76. The minimum absolute atomic E-state index is 0.0272. The van der Waals surface area contributed by atoms with Crippen molar-refractivity contribution < 1.29 is 13.9 Å². The Labute approximate surface area is 106 Å². The Morgan fingerprint density at radius 1 is 1.39 bits per heavy atom. The summed E-state index contributed by atoms with van der Waals surface area (Å²) in [6.45, 7) is 0.976. The first-order valence-electron chi connectivity index (χ1n) is 6.37. The molecule has 1 heterocycles. The zero-order chi connectivity index (χ0) is 12.8. The van der Waals surface area contributed by atoms with E-state index in [0.29, 0.717) is 12.0 Å². The van der Waals surface area contributed by atoms with Gasteiger partial charge in [-0.15, -0.1) is 0 Å². The summed E-state index contributed by atoms with van der Waals surface area (Å²) in [5, 5.41) is 2.73. The summed E-state index contributed by atoms with van der Waals surface area (Å²) < 4.78 is 18.8. The molecule has 0 aliphatic carbocycles.